The van der Waals surface area contributed by atoms with Gasteiger partial charge in [0.05, 0.1) is 11.1 Å². The van der Waals surface area contributed by atoms with Crippen molar-refractivity contribution in [2.75, 3.05) is 5.32 Å². The van der Waals surface area contributed by atoms with E-state index in [1.807, 2.05) is 13.0 Å². The molecule has 1 unspecified atom stereocenters. The number of benzene rings is 1. The van der Waals surface area contributed by atoms with Crippen molar-refractivity contribution in [1.82, 2.24) is 0 Å². The van der Waals surface area contributed by atoms with Crippen LogP contribution in [-0.4, -0.2) is 11.0 Å². The molecule has 1 aromatic carbocycles. The molecule has 0 spiro atoms. The number of fused-ring (bicyclic) bond motifs is 1. The molecule has 0 bridgehead atoms. The monoisotopic (exact) mass is 239 g/mol. The van der Waals surface area contributed by atoms with Gasteiger partial charge in [-0.1, -0.05) is 11.6 Å². The van der Waals surface area contributed by atoms with Crippen LogP contribution in [-0.2, 0) is 11.2 Å². The van der Waals surface area contributed by atoms with Gasteiger partial charge in [-0.15, -0.1) is 0 Å². The van der Waals surface area contributed by atoms with Crippen LogP contribution in [0.3, 0.4) is 0 Å². The minimum absolute atomic E-state index is 0.0245. The molecule has 1 heterocycles. The van der Waals surface area contributed by atoms with Gasteiger partial charge in [-0.3, -0.25) is 4.79 Å². The lowest BCUT2D eigenvalue weighted by atomic mass is 9.95. The number of halogens is 1. The molecular formula is C12H14ClNO2. The van der Waals surface area contributed by atoms with Gasteiger partial charge < -0.3 is 10.4 Å². The highest BCUT2D eigenvalue weighted by Crippen LogP contribution is 2.36. The summed E-state index contributed by atoms with van der Waals surface area (Å²) < 4.78 is 0. The maximum atomic E-state index is 11.3. The van der Waals surface area contributed by atoms with E-state index in [1.54, 1.807) is 6.92 Å². The maximum absolute atomic E-state index is 11.3. The molecule has 0 fully saturated rings. The van der Waals surface area contributed by atoms with E-state index in [4.69, 9.17) is 11.6 Å². The molecular weight excluding hydrogens is 226 g/mol. The summed E-state index contributed by atoms with van der Waals surface area (Å²) in [6.45, 7) is 3.55. The summed E-state index contributed by atoms with van der Waals surface area (Å²) >= 11 is 6.16. The highest BCUT2D eigenvalue weighted by atomic mass is 35.5. The molecule has 1 aliphatic heterocycles. The van der Waals surface area contributed by atoms with Gasteiger partial charge in [0.25, 0.3) is 0 Å². The number of carbonyl (C=O) groups excluding carboxylic acids is 1. The number of amides is 1. The molecule has 0 aliphatic carbocycles. The third kappa shape index (κ3) is 1.81. The Hall–Kier alpha value is -1.06. The molecule has 2 N–H and O–H groups in total. The van der Waals surface area contributed by atoms with Crippen LogP contribution in [0.15, 0.2) is 6.07 Å². The lowest BCUT2D eigenvalue weighted by Crippen LogP contribution is -2.20. The van der Waals surface area contributed by atoms with Crippen LogP contribution in [0, 0.1) is 6.92 Å². The average Bonchev–Trinajstić information content (AvgIpc) is 2.23. The average molecular weight is 240 g/mol. The number of rotatable bonds is 1. The molecule has 0 aromatic heterocycles. The fourth-order valence-electron chi connectivity index (χ4n) is 2.02. The molecule has 3 nitrogen and oxygen atoms in total. The van der Waals surface area contributed by atoms with Gasteiger partial charge in [-0.25, -0.2) is 0 Å². The zero-order valence-electron chi connectivity index (χ0n) is 9.30. The summed E-state index contributed by atoms with van der Waals surface area (Å²) in [6.07, 6.45) is 0.612. The van der Waals surface area contributed by atoms with Crippen LogP contribution < -0.4 is 5.32 Å². The van der Waals surface area contributed by atoms with Crippen LogP contribution >= 0.6 is 11.6 Å². The minimum Gasteiger partial charge on any atom is -0.389 e. The Labute approximate surface area is 99.4 Å². The number of aryl methyl sites for hydroxylation is 1. The van der Waals surface area contributed by atoms with E-state index in [0.29, 0.717) is 17.9 Å². The van der Waals surface area contributed by atoms with Gasteiger partial charge in [0.15, 0.2) is 0 Å². The lowest BCUT2D eigenvalue weighted by Gasteiger charge is -2.22. The van der Waals surface area contributed by atoms with Crippen LogP contribution in [0.2, 0.25) is 5.02 Å². The first-order chi connectivity index (χ1) is 7.50. The lowest BCUT2D eigenvalue weighted by molar-refractivity contribution is -0.116. The Kier molecular flexibility index (Phi) is 2.91. The van der Waals surface area contributed by atoms with E-state index in [9.17, 15) is 9.90 Å². The Morgan fingerprint density at radius 2 is 2.19 bits per heavy atom. The molecule has 86 valence electrons. The quantitative estimate of drug-likeness (QED) is 0.792. The van der Waals surface area contributed by atoms with Crippen molar-refractivity contribution in [2.45, 2.75) is 32.8 Å². The summed E-state index contributed by atoms with van der Waals surface area (Å²) in [5, 5.41) is 13.0. The SMILES string of the molecule is Cc1c(Cl)c(C(C)O)cc2c1NC(=O)CC2. The summed E-state index contributed by atoms with van der Waals surface area (Å²) in [4.78, 5) is 11.3. The fraction of sp³-hybridized carbons (Fsp3) is 0.417. The van der Waals surface area contributed by atoms with Crippen molar-refractivity contribution < 1.29 is 9.90 Å². The first-order valence-corrected chi connectivity index (χ1v) is 5.68. The smallest absolute Gasteiger partial charge is 0.224 e. The van der Waals surface area contributed by atoms with Crippen molar-refractivity contribution in [1.29, 1.82) is 0 Å². The first-order valence-electron chi connectivity index (χ1n) is 5.30. The number of aliphatic hydroxyl groups is 1. The Bertz CT molecular complexity index is 455. The molecule has 0 saturated carbocycles. The molecule has 0 radical (unpaired) electrons. The molecule has 0 saturated heterocycles. The topological polar surface area (TPSA) is 49.3 Å². The zero-order valence-corrected chi connectivity index (χ0v) is 10.1. The number of aliphatic hydroxyl groups excluding tert-OH is 1. The number of nitrogens with one attached hydrogen (secondary N) is 1. The molecule has 16 heavy (non-hydrogen) atoms. The minimum atomic E-state index is -0.589. The predicted octanol–water partition coefficient (Wildman–Crippen LogP) is 2.59. The molecule has 1 aliphatic rings. The molecule has 1 atom stereocenters. The highest BCUT2D eigenvalue weighted by molar-refractivity contribution is 6.32. The molecule has 2 rings (SSSR count). The number of hydrogen-bond donors (Lipinski definition) is 2. The predicted molar refractivity (Wildman–Crippen MR) is 63.8 cm³/mol. The standard InChI is InChI=1S/C12H14ClNO2/c1-6-11(13)9(7(2)15)5-8-3-4-10(16)14-12(6)8/h5,7,15H,3-4H2,1-2H3,(H,14,16). The van der Waals surface area contributed by atoms with Gasteiger partial charge >= 0.3 is 0 Å². The first kappa shape index (κ1) is 11.4. The third-order valence-corrected chi connectivity index (χ3v) is 3.45. The van der Waals surface area contributed by atoms with E-state index in [1.165, 1.54) is 0 Å². The van der Waals surface area contributed by atoms with Crippen molar-refractivity contribution >= 4 is 23.2 Å². The molecule has 1 amide bonds. The summed E-state index contributed by atoms with van der Waals surface area (Å²) in [5.41, 5.74) is 3.43. The van der Waals surface area contributed by atoms with Gasteiger partial charge in [-0.2, -0.15) is 0 Å². The van der Waals surface area contributed by atoms with Gasteiger partial charge in [0.1, 0.15) is 0 Å². The van der Waals surface area contributed by atoms with Crippen molar-refractivity contribution in [2.24, 2.45) is 0 Å². The Morgan fingerprint density at radius 1 is 1.50 bits per heavy atom. The van der Waals surface area contributed by atoms with Crippen LogP contribution in [0.5, 0.6) is 0 Å². The van der Waals surface area contributed by atoms with Crippen LogP contribution in [0.1, 0.15) is 36.1 Å². The van der Waals surface area contributed by atoms with E-state index in [0.717, 1.165) is 22.4 Å². The molecule has 1 aromatic rings. The second-order valence-electron chi connectivity index (χ2n) is 4.16. The molecule has 4 heteroatoms. The normalized spacial score (nSPS) is 16.6. The van der Waals surface area contributed by atoms with Crippen molar-refractivity contribution in [3.8, 4) is 0 Å². The van der Waals surface area contributed by atoms with E-state index in [2.05, 4.69) is 5.32 Å². The van der Waals surface area contributed by atoms with Gasteiger partial charge in [0.2, 0.25) is 5.91 Å². The summed E-state index contributed by atoms with van der Waals surface area (Å²) in [5.74, 6) is 0.0245. The number of anilines is 1. The summed E-state index contributed by atoms with van der Waals surface area (Å²) in [6, 6.07) is 1.88. The second-order valence-corrected chi connectivity index (χ2v) is 4.54. The van der Waals surface area contributed by atoms with E-state index < -0.39 is 6.10 Å². The summed E-state index contributed by atoms with van der Waals surface area (Å²) in [7, 11) is 0. The maximum Gasteiger partial charge on any atom is 0.224 e. The number of hydrogen-bond acceptors (Lipinski definition) is 2. The van der Waals surface area contributed by atoms with Crippen LogP contribution in [0.4, 0.5) is 5.69 Å². The van der Waals surface area contributed by atoms with E-state index >= 15 is 0 Å². The Balaban J connectivity index is 2.58. The van der Waals surface area contributed by atoms with Gasteiger partial charge in [0, 0.05) is 12.1 Å². The third-order valence-electron chi connectivity index (χ3n) is 2.94. The van der Waals surface area contributed by atoms with Crippen LogP contribution in [0.25, 0.3) is 0 Å². The zero-order chi connectivity index (χ0) is 11.9. The van der Waals surface area contributed by atoms with Crippen molar-refractivity contribution in [3.05, 3.63) is 27.8 Å². The largest absolute Gasteiger partial charge is 0.389 e. The highest BCUT2D eigenvalue weighted by Gasteiger charge is 2.21. The van der Waals surface area contributed by atoms with Crippen molar-refractivity contribution in [3.63, 3.8) is 0 Å². The van der Waals surface area contributed by atoms with Gasteiger partial charge in [-0.05, 0) is 43.0 Å². The second kappa shape index (κ2) is 4.07. The fourth-order valence-corrected chi connectivity index (χ4v) is 2.32. The number of carbonyl (C=O) groups is 1. The Morgan fingerprint density at radius 3 is 2.81 bits per heavy atom. The van der Waals surface area contributed by atoms with E-state index in [-0.39, 0.29) is 5.91 Å².